The van der Waals surface area contributed by atoms with Gasteiger partial charge in [-0.1, -0.05) is 18.2 Å². The lowest BCUT2D eigenvalue weighted by atomic mass is 9.97. The molecule has 1 saturated heterocycles. The van der Waals surface area contributed by atoms with Gasteiger partial charge in [-0.05, 0) is 43.9 Å². The zero-order chi connectivity index (χ0) is 19.3. The molecule has 0 atom stereocenters. The Morgan fingerprint density at radius 3 is 2.56 bits per heavy atom. The van der Waals surface area contributed by atoms with Gasteiger partial charge < -0.3 is 5.32 Å². The topological polar surface area (TPSA) is 84.3 Å². The molecule has 1 aromatic heterocycles. The van der Waals surface area contributed by atoms with E-state index in [4.69, 9.17) is 0 Å². The van der Waals surface area contributed by atoms with Gasteiger partial charge in [0.25, 0.3) is 0 Å². The second-order valence-electron chi connectivity index (χ2n) is 6.92. The van der Waals surface area contributed by atoms with Crippen LogP contribution in [-0.4, -0.2) is 48.0 Å². The lowest BCUT2D eigenvalue weighted by molar-refractivity contribution is -0.126. The average Bonchev–Trinajstić information content (AvgIpc) is 3.11. The Morgan fingerprint density at radius 1 is 1.22 bits per heavy atom. The fourth-order valence-corrected chi connectivity index (χ4v) is 4.78. The first-order valence-electron chi connectivity index (χ1n) is 9.29. The number of nitrogens with zero attached hydrogens (tertiary/aromatic N) is 3. The molecule has 0 bridgehead atoms. The Hall–Kier alpha value is -2.19. The van der Waals surface area contributed by atoms with E-state index in [1.165, 1.54) is 4.31 Å². The van der Waals surface area contributed by atoms with Crippen LogP contribution >= 0.6 is 0 Å². The molecular weight excluding hydrogens is 364 g/mol. The molecule has 3 rings (SSSR count). The smallest absolute Gasteiger partial charge is 0.243 e. The Labute approximate surface area is 160 Å². The molecule has 2 aromatic rings. The van der Waals surface area contributed by atoms with Crippen LogP contribution in [-0.2, 0) is 21.4 Å². The van der Waals surface area contributed by atoms with E-state index >= 15 is 0 Å². The third-order valence-electron chi connectivity index (χ3n) is 4.83. The van der Waals surface area contributed by atoms with Crippen molar-refractivity contribution in [1.82, 2.24) is 19.4 Å². The van der Waals surface area contributed by atoms with Gasteiger partial charge in [0.2, 0.25) is 15.9 Å². The molecule has 27 heavy (non-hydrogen) atoms. The van der Waals surface area contributed by atoms with Crippen LogP contribution in [0.5, 0.6) is 0 Å². The summed E-state index contributed by atoms with van der Waals surface area (Å²) >= 11 is 0. The highest BCUT2D eigenvalue weighted by Crippen LogP contribution is 2.23. The summed E-state index contributed by atoms with van der Waals surface area (Å²) in [5.74, 6) is -0.109. The van der Waals surface area contributed by atoms with Crippen molar-refractivity contribution in [2.45, 2.75) is 37.6 Å². The normalized spacial score (nSPS) is 16.3. The number of aromatic nitrogens is 2. The monoisotopic (exact) mass is 390 g/mol. The number of carbonyl (C=O) groups excluding carboxylic acids is 1. The van der Waals surface area contributed by atoms with Crippen molar-refractivity contribution in [3.63, 3.8) is 0 Å². The Balaban J connectivity index is 1.42. The summed E-state index contributed by atoms with van der Waals surface area (Å²) in [4.78, 5) is 12.6. The van der Waals surface area contributed by atoms with Crippen molar-refractivity contribution in [2.75, 3.05) is 19.6 Å². The maximum absolute atomic E-state index is 12.6. The third-order valence-corrected chi connectivity index (χ3v) is 6.74. The van der Waals surface area contributed by atoms with E-state index in [9.17, 15) is 13.2 Å². The first kappa shape index (κ1) is 19.6. The van der Waals surface area contributed by atoms with Gasteiger partial charge in [0.15, 0.2) is 0 Å². The number of aryl methyl sites for hydroxylation is 2. The molecule has 1 fully saturated rings. The summed E-state index contributed by atoms with van der Waals surface area (Å²) in [6.45, 7) is 4.11. The minimum Gasteiger partial charge on any atom is -0.356 e. The number of hydrogen-bond donors (Lipinski definition) is 1. The van der Waals surface area contributed by atoms with Crippen molar-refractivity contribution in [3.05, 3.63) is 48.3 Å². The molecular formula is C19H26N4O3S. The minimum absolute atomic E-state index is 0.0170. The van der Waals surface area contributed by atoms with Crippen LogP contribution in [0.25, 0.3) is 0 Å². The summed E-state index contributed by atoms with van der Waals surface area (Å²) in [6, 6.07) is 8.45. The van der Waals surface area contributed by atoms with Gasteiger partial charge in [0.05, 0.1) is 11.1 Å². The Morgan fingerprint density at radius 2 is 1.93 bits per heavy atom. The van der Waals surface area contributed by atoms with Crippen LogP contribution < -0.4 is 5.32 Å². The quantitative estimate of drug-likeness (QED) is 0.731. The van der Waals surface area contributed by atoms with Crippen LogP contribution in [0.2, 0.25) is 0 Å². The second kappa shape index (κ2) is 8.67. The van der Waals surface area contributed by atoms with E-state index in [1.807, 2.05) is 24.0 Å². The summed E-state index contributed by atoms with van der Waals surface area (Å²) in [5.41, 5.74) is 1.12. The molecule has 0 spiro atoms. The van der Waals surface area contributed by atoms with Gasteiger partial charge >= 0.3 is 0 Å². The van der Waals surface area contributed by atoms with Crippen molar-refractivity contribution < 1.29 is 13.2 Å². The SMILES string of the molecule is Cc1cnn(CCCNC(=O)C2CCN(S(=O)(=O)c3ccccc3)CC2)c1. The summed E-state index contributed by atoms with van der Waals surface area (Å²) in [7, 11) is -3.47. The van der Waals surface area contributed by atoms with E-state index in [2.05, 4.69) is 10.4 Å². The predicted molar refractivity (Wildman–Crippen MR) is 103 cm³/mol. The number of piperidine rings is 1. The molecule has 0 aliphatic carbocycles. The molecule has 1 aliphatic heterocycles. The van der Waals surface area contributed by atoms with Gasteiger partial charge in [0, 0.05) is 38.3 Å². The fourth-order valence-electron chi connectivity index (χ4n) is 3.29. The Kier molecular flexibility index (Phi) is 6.28. The second-order valence-corrected chi connectivity index (χ2v) is 8.85. The van der Waals surface area contributed by atoms with E-state index in [0.29, 0.717) is 37.4 Å². The number of nitrogens with one attached hydrogen (secondary N) is 1. The standard InChI is InChI=1S/C19H26N4O3S/c1-16-14-21-22(15-16)11-5-10-20-19(24)17-8-12-23(13-9-17)27(25,26)18-6-3-2-4-7-18/h2-4,6-7,14-15,17H,5,8-13H2,1H3,(H,20,24). The van der Waals surface area contributed by atoms with Gasteiger partial charge in [-0.25, -0.2) is 8.42 Å². The molecule has 0 unspecified atom stereocenters. The van der Waals surface area contributed by atoms with Crippen LogP contribution in [0.3, 0.4) is 0 Å². The highest BCUT2D eigenvalue weighted by atomic mass is 32.2. The number of amides is 1. The Bertz CT molecular complexity index is 856. The predicted octanol–water partition coefficient (Wildman–Crippen LogP) is 1.80. The molecule has 1 aliphatic rings. The number of hydrogen-bond acceptors (Lipinski definition) is 4. The summed E-state index contributed by atoms with van der Waals surface area (Å²) in [5, 5.41) is 7.19. The number of benzene rings is 1. The number of carbonyl (C=O) groups is 1. The number of rotatable bonds is 7. The average molecular weight is 391 g/mol. The van der Waals surface area contributed by atoms with Crippen LogP contribution in [0.15, 0.2) is 47.6 Å². The third kappa shape index (κ3) is 4.95. The molecule has 1 aromatic carbocycles. The lowest BCUT2D eigenvalue weighted by Gasteiger charge is -2.30. The van der Waals surface area contributed by atoms with E-state index < -0.39 is 10.0 Å². The van der Waals surface area contributed by atoms with Gasteiger partial charge in [0.1, 0.15) is 0 Å². The van der Waals surface area contributed by atoms with Crippen molar-refractivity contribution in [3.8, 4) is 0 Å². The molecule has 1 N–H and O–H groups in total. The highest BCUT2D eigenvalue weighted by Gasteiger charge is 2.31. The number of sulfonamides is 1. The first-order chi connectivity index (χ1) is 13.0. The molecule has 7 nitrogen and oxygen atoms in total. The van der Waals surface area contributed by atoms with Crippen LogP contribution in [0.4, 0.5) is 0 Å². The van der Waals surface area contributed by atoms with Crippen LogP contribution in [0.1, 0.15) is 24.8 Å². The van der Waals surface area contributed by atoms with Crippen molar-refractivity contribution in [1.29, 1.82) is 0 Å². The molecule has 8 heteroatoms. The summed E-state index contributed by atoms with van der Waals surface area (Å²) in [6.07, 6.45) is 5.71. The zero-order valence-corrected chi connectivity index (χ0v) is 16.4. The van der Waals surface area contributed by atoms with E-state index in [0.717, 1.165) is 18.5 Å². The van der Waals surface area contributed by atoms with Gasteiger partial charge in [-0.3, -0.25) is 9.48 Å². The lowest BCUT2D eigenvalue weighted by Crippen LogP contribution is -2.43. The largest absolute Gasteiger partial charge is 0.356 e. The fraction of sp³-hybridized carbons (Fsp3) is 0.474. The van der Waals surface area contributed by atoms with E-state index in [1.54, 1.807) is 30.3 Å². The van der Waals surface area contributed by atoms with Crippen molar-refractivity contribution in [2.24, 2.45) is 5.92 Å². The first-order valence-corrected chi connectivity index (χ1v) is 10.7. The minimum atomic E-state index is -3.47. The van der Waals surface area contributed by atoms with Gasteiger partial charge in [-0.2, -0.15) is 9.40 Å². The van der Waals surface area contributed by atoms with Crippen LogP contribution in [0, 0.1) is 12.8 Å². The van der Waals surface area contributed by atoms with Crippen molar-refractivity contribution >= 4 is 15.9 Å². The summed E-state index contributed by atoms with van der Waals surface area (Å²) < 4.78 is 28.6. The molecule has 0 radical (unpaired) electrons. The molecule has 146 valence electrons. The maximum atomic E-state index is 12.6. The molecule has 1 amide bonds. The molecule has 0 saturated carbocycles. The van der Waals surface area contributed by atoms with Gasteiger partial charge in [-0.15, -0.1) is 0 Å². The van der Waals surface area contributed by atoms with E-state index in [-0.39, 0.29) is 11.8 Å². The zero-order valence-electron chi connectivity index (χ0n) is 15.5. The maximum Gasteiger partial charge on any atom is 0.243 e. The highest BCUT2D eigenvalue weighted by molar-refractivity contribution is 7.89. The molecule has 2 heterocycles.